The number of benzene rings is 2. The van der Waals surface area contributed by atoms with Gasteiger partial charge in [-0.2, -0.15) is 0 Å². The second-order valence-corrected chi connectivity index (χ2v) is 7.85. The van der Waals surface area contributed by atoms with E-state index < -0.39 is 0 Å². The molecule has 0 spiro atoms. The number of pyridine rings is 2. The average Bonchev–Trinajstić information content (AvgIpc) is 2.84. The number of nitrogens with one attached hydrogen (secondary N) is 1. The number of carbonyl (C=O) groups excluding carboxylic acids is 1. The number of hydrogen-bond donors (Lipinski definition) is 1. The first kappa shape index (κ1) is 20.6. The van der Waals surface area contributed by atoms with Crippen molar-refractivity contribution in [2.45, 2.75) is 17.3 Å². The summed E-state index contributed by atoms with van der Waals surface area (Å²) < 4.78 is 5.74. The van der Waals surface area contributed by atoms with Gasteiger partial charge in [-0.15, -0.1) is 11.8 Å². The molecule has 2 heterocycles. The van der Waals surface area contributed by atoms with Crippen molar-refractivity contribution >= 4 is 23.4 Å². The summed E-state index contributed by atoms with van der Waals surface area (Å²) in [6, 6.07) is 22.8. The first-order valence-electron chi connectivity index (χ1n) is 9.81. The number of carbonyl (C=O) groups is 1. The number of ether oxygens (including phenoxy) is 1. The van der Waals surface area contributed by atoms with Crippen molar-refractivity contribution < 1.29 is 9.53 Å². The first-order chi connectivity index (χ1) is 15.3. The van der Waals surface area contributed by atoms with Gasteiger partial charge in [0, 0.05) is 52.3 Å². The molecule has 0 fully saturated rings. The molecular weight excluding hydrogens is 406 g/mol. The van der Waals surface area contributed by atoms with Gasteiger partial charge < -0.3 is 10.1 Å². The highest BCUT2D eigenvalue weighted by Gasteiger charge is 2.07. The van der Waals surface area contributed by atoms with E-state index in [2.05, 4.69) is 21.4 Å². The molecule has 1 amide bonds. The molecule has 0 unspecified atom stereocenters. The summed E-state index contributed by atoms with van der Waals surface area (Å²) >= 11 is 1.73. The number of hydrogen-bond acceptors (Lipinski definition) is 5. The van der Waals surface area contributed by atoms with Crippen LogP contribution in [0.15, 0.2) is 102 Å². The Kier molecular flexibility index (Phi) is 6.92. The second kappa shape index (κ2) is 10.4. The molecular formula is C25H21N3O2S. The fourth-order valence-electron chi connectivity index (χ4n) is 2.84. The molecule has 0 saturated carbocycles. The summed E-state index contributed by atoms with van der Waals surface area (Å²) in [6.07, 6.45) is 7.14. The van der Waals surface area contributed by atoms with Gasteiger partial charge in [0.25, 0.3) is 5.91 Å². The number of anilines is 1. The van der Waals surface area contributed by atoms with Crippen LogP contribution in [0.5, 0.6) is 5.75 Å². The van der Waals surface area contributed by atoms with Gasteiger partial charge in [-0.1, -0.05) is 12.1 Å². The maximum absolute atomic E-state index is 12.5. The van der Waals surface area contributed by atoms with Gasteiger partial charge in [-0.3, -0.25) is 14.8 Å². The largest absolute Gasteiger partial charge is 0.489 e. The van der Waals surface area contributed by atoms with Gasteiger partial charge in [0.1, 0.15) is 12.4 Å². The van der Waals surface area contributed by atoms with E-state index in [4.69, 9.17) is 4.74 Å². The molecule has 0 atom stereocenters. The first-order valence-corrected chi connectivity index (χ1v) is 10.8. The third-order valence-electron chi connectivity index (χ3n) is 4.49. The Labute approximate surface area is 185 Å². The number of aromatic nitrogens is 2. The van der Waals surface area contributed by atoms with Crippen LogP contribution in [-0.4, -0.2) is 15.9 Å². The molecule has 4 aromatic rings. The Hall–Kier alpha value is -3.64. The van der Waals surface area contributed by atoms with Gasteiger partial charge in [-0.05, 0) is 66.2 Å². The fourth-order valence-corrected chi connectivity index (χ4v) is 3.67. The second-order valence-electron chi connectivity index (χ2n) is 6.80. The van der Waals surface area contributed by atoms with Crippen LogP contribution in [0.2, 0.25) is 0 Å². The Bertz CT molecular complexity index is 1100. The zero-order valence-corrected chi connectivity index (χ0v) is 17.6. The molecule has 5 nitrogen and oxygen atoms in total. The molecule has 31 heavy (non-hydrogen) atoms. The predicted octanol–water partition coefficient (Wildman–Crippen LogP) is 5.60. The maximum atomic E-state index is 12.5. The van der Waals surface area contributed by atoms with E-state index >= 15 is 0 Å². The van der Waals surface area contributed by atoms with Crippen LogP contribution in [0.1, 0.15) is 21.5 Å². The van der Waals surface area contributed by atoms with Crippen LogP contribution in [-0.2, 0) is 12.4 Å². The van der Waals surface area contributed by atoms with Crippen molar-refractivity contribution in [3.05, 3.63) is 114 Å². The van der Waals surface area contributed by atoms with Crippen molar-refractivity contribution in [1.29, 1.82) is 0 Å². The van der Waals surface area contributed by atoms with E-state index in [1.54, 1.807) is 54.6 Å². The Morgan fingerprint density at radius 3 is 2.16 bits per heavy atom. The highest BCUT2D eigenvalue weighted by atomic mass is 32.2. The van der Waals surface area contributed by atoms with Gasteiger partial charge >= 0.3 is 0 Å². The van der Waals surface area contributed by atoms with Crippen molar-refractivity contribution in [2.75, 3.05) is 5.32 Å². The smallest absolute Gasteiger partial charge is 0.255 e. The minimum absolute atomic E-state index is 0.158. The van der Waals surface area contributed by atoms with E-state index in [1.807, 2.05) is 48.7 Å². The lowest BCUT2D eigenvalue weighted by Gasteiger charge is -2.09. The topological polar surface area (TPSA) is 64.1 Å². The van der Waals surface area contributed by atoms with Crippen LogP contribution in [0, 0.1) is 0 Å². The number of rotatable bonds is 8. The summed E-state index contributed by atoms with van der Waals surface area (Å²) in [5, 5.41) is 2.93. The number of amides is 1. The molecule has 0 aliphatic carbocycles. The molecule has 1 N–H and O–H groups in total. The molecule has 0 aliphatic rings. The lowest BCUT2D eigenvalue weighted by molar-refractivity contribution is 0.102. The fraction of sp³-hybridized carbons (Fsp3) is 0.0800. The average molecular weight is 428 g/mol. The predicted molar refractivity (Wildman–Crippen MR) is 123 cm³/mol. The maximum Gasteiger partial charge on any atom is 0.255 e. The van der Waals surface area contributed by atoms with Gasteiger partial charge in [0.2, 0.25) is 0 Å². The molecule has 154 valence electrons. The van der Waals surface area contributed by atoms with E-state index in [0.717, 1.165) is 21.9 Å². The molecule has 0 radical (unpaired) electrons. The van der Waals surface area contributed by atoms with E-state index in [9.17, 15) is 4.79 Å². The molecule has 2 aromatic carbocycles. The zero-order valence-electron chi connectivity index (χ0n) is 16.8. The van der Waals surface area contributed by atoms with E-state index in [0.29, 0.717) is 17.9 Å². The van der Waals surface area contributed by atoms with Crippen LogP contribution in [0.3, 0.4) is 0 Å². The standard InChI is InChI=1S/C25H21N3O2S/c29-25(21-5-9-23(10-6-21)30-17-19-3-1-13-26-15-19)28-22-7-11-24(12-8-22)31-18-20-4-2-14-27-16-20/h1-16H,17-18H2,(H,28,29). The highest BCUT2D eigenvalue weighted by Crippen LogP contribution is 2.24. The SMILES string of the molecule is O=C(Nc1ccc(SCc2cccnc2)cc1)c1ccc(OCc2cccnc2)cc1. The van der Waals surface area contributed by atoms with Crippen molar-refractivity contribution in [3.8, 4) is 5.75 Å². The monoisotopic (exact) mass is 427 g/mol. The summed E-state index contributed by atoms with van der Waals surface area (Å²) in [5.41, 5.74) is 3.50. The molecule has 0 aliphatic heterocycles. The zero-order chi connectivity index (χ0) is 21.3. The normalized spacial score (nSPS) is 10.5. The minimum atomic E-state index is -0.158. The third-order valence-corrected chi connectivity index (χ3v) is 5.57. The lowest BCUT2D eigenvalue weighted by atomic mass is 10.2. The number of thioether (sulfide) groups is 1. The van der Waals surface area contributed by atoms with Gasteiger partial charge in [-0.25, -0.2) is 0 Å². The lowest BCUT2D eigenvalue weighted by Crippen LogP contribution is -2.11. The van der Waals surface area contributed by atoms with Crippen molar-refractivity contribution in [2.24, 2.45) is 0 Å². The summed E-state index contributed by atoms with van der Waals surface area (Å²) in [5.74, 6) is 1.40. The molecule has 2 aromatic heterocycles. The summed E-state index contributed by atoms with van der Waals surface area (Å²) in [7, 11) is 0. The highest BCUT2D eigenvalue weighted by molar-refractivity contribution is 7.98. The quantitative estimate of drug-likeness (QED) is 0.371. The van der Waals surface area contributed by atoms with Crippen molar-refractivity contribution in [3.63, 3.8) is 0 Å². The van der Waals surface area contributed by atoms with Crippen LogP contribution in [0.25, 0.3) is 0 Å². The number of nitrogens with zero attached hydrogens (tertiary/aromatic N) is 2. The van der Waals surface area contributed by atoms with Gasteiger partial charge in [0.15, 0.2) is 0 Å². The van der Waals surface area contributed by atoms with E-state index in [1.165, 1.54) is 5.56 Å². The van der Waals surface area contributed by atoms with Gasteiger partial charge in [0.05, 0.1) is 0 Å². The van der Waals surface area contributed by atoms with Crippen LogP contribution in [0.4, 0.5) is 5.69 Å². The van der Waals surface area contributed by atoms with E-state index in [-0.39, 0.29) is 5.91 Å². The molecule has 0 saturated heterocycles. The molecule has 6 heteroatoms. The minimum Gasteiger partial charge on any atom is -0.489 e. The third kappa shape index (κ3) is 6.17. The van der Waals surface area contributed by atoms with Crippen LogP contribution >= 0.6 is 11.8 Å². The molecule has 0 bridgehead atoms. The Morgan fingerprint density at radius 2 is 1.52 bits per heavy atom. The summed E-state index contributed by atoms with van der Waals surface area (Å²) in [6.45, 7) is 0.435. The van der Waals surface area contributed by atoms with Crippen LogP contribution < -0.4 is 10.1 Å². The molecule has 4 rings (SSSR count). The Balaban J connectivity index is 1.28. The summed E-state index contributed by atoms with van der Waals surface area (Å²) in [4.78, 5) is 21.9. The Morgan fingerprint density at radius 1 is 0.839 bits per heavy atom. The van der Waals surface area contributed by atoms with Crippen molar-refractivity contribution in [1.82, 2.24) is 9.97 Å².